The number of hydrogen-bond acceptors (Lipinski definition) is 10. The monoisotopic (exact) mass is 608 g/mol. The van der Waals surface area contributed by atoms with Crippen LogP contribution in [0.15, 0.2) is 82.3 Å². The summed E-state index contributed by atoms with van der Waals surface area (Å²) in [6.07, 6.45) is 1.51. The summed E-state index contributed by atoms with van der Waals surface area (Å²) in [7, 11) is 0. The van der Waals surface area contributed by atoms with E-state index in [1.807, 2.05) is 37.3 Å². The second kappa shape index (κ2) is 12.7. The standard InChI is InChI=1S/C28H24N4O6S3/c1-16-30-31-28(41-16)40-15-19-14-39-26-21(25(35)32(26)22(19)27(36)37)29-24(34)23(18-10-6-3-7-11-18)38-20(33)13-12-17-8-4-2-5-9-17/h2-13,21,23,26H,14-15H2,1H3,(H,29,34)(H,36,37)/t21?,23?,26-/m0/s1. The molecule has 2 amide bonds. The molecule has 0 saturated carbocycles. The first-order chi connectivity index (χ1) is 19.8. The predicted molar refractivity (Wildman–Crippen MR) is 156 cm³/mol. The van der Waals surface area contributed by atoms with Gasteiger partial charge < -0.3 is 15.2 Å². The number of amides is 2. The summed E-state index contributed by atoms with van der Waals surface area (Å²) in [6.45, 7) is 1.84. The number of carbonyl (C=O) groups is 4. The van der Waals surface area contributed by atoms with Crippen LogP contribution in [0, 0.1) is 6.92 Å². The average molecular weight is 609 g/mol. The fraction of sp³-hybridized carbons (Fsp3) is 0.214. The lowest BCUT2D eigenvalue weighted by molar-refractivity contribution is -0.156. The minimum Gasteiger partial charge on any atom is -0.477 e. The molecule has 210 valence electrons. The van der Waals surface area contributed by atoms with E-state index >= 15 is 0 Å². The minimum absolute atomic E-state index is 0.0740. The molecule has 0 spiro atoms. The Labute approximate surface area is 247 Å². The molecule has 2 unspecified atom stereocenters. The van der Waals surface area contributed by atoms with Crippen molar-refractivity contribution in [1.82, 2.24) is 20.4 Å². The van der Waals surface area contributed by atoms with E-state index < -0.39 is 41.3 Å². The number of carbonyl (C=O) groups excluding carboxylic acids is 3. The number of esters is 1. The number of aryl methyl sites for hydroxylation is 1. The Morgan fingerprint density at radius 3 is 2.51 bits per heavy atom. The number of thioether (sulfide) groups is 2. The van der Waals surface area contributed by atoms with Crippen LogP contribution >= 0.6 is 34.9 Å². The fourth-order valence-electron chi connectivity index (χ4n) is 4.29. The van der Waals surface area contributed by atoms with Gasteiger partial charge in [-0.25, -0.2) is 9.59 Å². The zero-order valence-corrected chi connectivity index (χ0v) is 24.1. The number of β-lactam (4-membered cyclic amide) rings is 1. The lowest BCUT2D eigenvalue weighted by Gasteiger charge is -2.49. The average Bonchev–Trinajstić information content (AvgIpc) is 3.41. The maximum atomic E-state index is 13.4. The van der Waals surface area contributed by atoms with E-state index in [1.54, 1.807) is 36.4 Å². The summed E-state index contributed by atoms with van der Waals surface area (Å²) in [6, 6.07) is 16.7. The first-order valence-electron chi connectivity index (χ1n) is 12.4. The van der Waals surface area contributed by atoms with Gasteiger partial charge in [-0.1, -0.05) is 83.8 Å². The number of aromatic nitrogens is 2. The van der Waals surface area contributed by atoms with Crippen LogP contribution in [0.3, 0.4) is 0 Å². The summed E-state index contributed by atoms with van der Waals surface area (Å²) in [5.41, 5.74) is 1.74. The molecule has 1 fully saturated rings. The van der Waals surface area contributed by atoms with Crippen LogP contribution < -0.4 is 5.32 Å². The van der Waals surface area contributed by atoms with E-state index in [0.29, 0.717) is 27.0 Å². The summed E-state index contributed by atoms with van der Waals surface area (Å²) in [4.78, 5) is 52.6. The first kappa shape index (κ1) is 28.6. The van der Waals surface area contributed by atoms with Crippen LogP contribution in [0.1, 0.15) is 22.2 Å². The molecule has 5 rings (SSSR count). The van der Waals surface area contributed by atoms with E-state index in [9.17, 15) is 24.3 Å². The Kier molecular flexibility index (Phi) is 8.86. The molecule has 2 aliphatic rings. The van der Waals surface area contributed by atoms with Crippen molar-refractivity contribution >= 4 is 64.7 Å². The molecular formula is C28H24N4O6S3. The summed E-state index contributed by atoms with van der Waals surface area (Å²) in [5, 5.41) is 20.9. The second-order valence-electron chi connectivity index (χ2n) is 9.00. The Balaban J connectivity index is 1.28. The Hall–Kier alpha value is -3.94. The van der Waals surface area contributed by atoms with Crippen molar-refractivity contribution in [3.05, 3.63) is 94.1 Å². The second-order valence-corrected chi connectivity index (χ2v) is 12.5. The number of aliphatic carboxylic acids is 1. The van der Waals surface area contributed by atoms with Crippen LogP contribution in [-0.4, -0.2) is 66.9 Å². The highest BCUT2D eigenvalue weighted by Gasteiger charge is 2.54. The van der Waals surface area contributed by atoms with Gasteiger partial charge in [0.15, 0.2) is 4.34 Å². The summed E-state index contributed by atoms with van der Waals surface area (Å²) < 4.78 is 6.24. The number of rotatable bonds is 10. The maximum Gasteiger partial charge on any atom is 0.352 e. The molecule has 3 atom stereocenters. The molecule has 1 aromatic heterocycles. The van der Waals surface area contributed by atoms with Crippen molar-refractivity contribution < 1.29 is 29.0 Å². The molecule has 41 heavy (non-hydrogen) atoms. The van der Waals surface area contributed by atoms with Crippen molar-refractivity contribution in [1.29, 1.82) is 0 Å². The third kappa shape index (κ3) is 6.53. The number of nitrogens with zero attached hydrogens (tertiary/aromatic N) is 3. The van der Waals surface area contributed by atoms with Crippen molar-refractivity contribution in [2.24, 2.45) is 0 Å². The summed E-state index contributed by atoms with van der Waals surface area (Å²) >= 11 is 4.15. The molecule has 13 heteroatoms. The fourth-order valence-corrected chi connectivity index (χ4v) is 7.59. The zero-order valence-electron chi connectivity index (χ0n) is 21.6. The van der Waals surface area contributed by atoms with Gasteiger partial charge in [0.05, 0.1) is 0 Å². The lowest BCUT2D eigenvalue weighted by Crippen LogP contribution is -2.71. The topological polar surface area (TPSA) is 139 Å². The van der Waals surface area contributed by atoms with Gasteiger partial charge in [0.25, 0.3) is 11.8 Å². The van der Waals surface area contributed by atoms with Gasteiger partial charge in [0, 0.05) is 23.1 Å². The van der Waals surface area contributed by atoms with Gasteiger partial charge in [-0.05, 0) is 24.1 Å². The number of ether oxygens (including phenoxy) is 1. The molecular weight excluding hydrogens is 585 g/mol. The largest absolute Gasteiger partial charge is 0.477 e. The molecule has 0 aliphatic carbocycles. The van der Waals surface area contributed by atoms with Gasteiger partial charge in [-0.2, -0.15) is 0 Å². The predicted octanol–water partition coefficient (Wildman–Crippen LogP) is 3.68. The van der Waals surface area contributed by atoms with E-state index in [2.05, 4.69) is 15.5 Å². The van der Waals surface area contributed by atoms with Crippen molar-refractivity contribution in [3.8, 4) is 0 Å². The van der Waals surface area contributed by atoms with Gasteiger partial charge >= 0.3 is 11.9 Å². The Morgan fingerprint density at radius 1 is 1.15 bits per heavy atom. The Morgan fingerprint density at radius 2 is 1.85 bits per heavy atom. The molecule has 0 radical (unpaired) electrons. The third-order valence-electron chi connectivity index (χ3n) is 6.21. The molecule has 2 aromatic carbocycles. The zero-order chi connectivity index (χ0) is 28.9. The molecule has 2 N–H and O–H groups in total. The number of carboxylic acid groups (broad SMARTS) is 1. The molecule has 0 bridgehead atoms. The van der Waals surface area contributed by atoms with Crippen molar-refractivity contribution in [3.63, 3.8) is 0 Å². The van der Waals surface area contributed by atoms with E-state index in [1.165, 1.54) is 45.8 Å². The third-order valence-corrected chi connectivity index (χ3v) is 9.61. The highest BCUT2D eigenvalue weighted by molar-refractivity contribution is 8.01. The van der Waals surface area contributed by atoms with Gasteiger partial charge in [-0.3, -0.25) is 14.5 Å². The molecule has 3 aromatic rings. The van der Waals surface area contributed by atoms with E-state index in [-0.39, 0.29) is 5.70 Å². The van der Waals surface area contributed by atoms with Crippen LogP contribution in [0.4, 0.5) is 0 Å². The number of fused-ring (bicyclic) bond motifs is 1. The van der Waals surface area contributed by atoms with Gasteiger partial charge in [0.2, 0.25) is 6.10 Å². The quantitative estimate of drug-likeness (QED) is 0.152. The maximum absolute atomic E-state index is 13.4. The van der Waals surface area contributed by atoms with Crippen LogP contribution in [0.2, 0.25) is 0 Å². The van der Waals surface area contributed by atoms with Crippen molar-refractivity contribution in [2.75, 3.05) is 11.5 Å². The van der Waals surface area contributed by atoms with Crippen LogP contribution in [-0.2, 0) is 23.9 Å². The van der Waals surface area contributed by atoms with Gasteiger partial charge in [-0.15, -0.1) is 22.0 Å². The van der Waals surface area contributed by atoms with Crippen molar-refractivity contribution in [2.45, 2.75) is 28.8 Å². The lowest BCUT2D eigenvalue weighted by atomic mass is 10.0. The molecule has 3 heterocycles. The van der Waals surface area contributed by atoms with E-state index in [0.717, 1.165) is 10.6 Å². The number of hydrogen-bond donors (Lipinski definition) is 2. The molecule has 1 saturated heterocycles. The van der Waals surface area contributed by atoms with Crippen LogP contribution in [0.25, 0.3) is 6.08 Å². The normalized spacial score (nSPS) is 19.0. The Bertz CT molecular complexity index is 1530. The highest BCUT2D eigenvalue weighted by Crippen LogP contribution is 2.42. The molecule has 10 nitrogen and oxygen atoms in total. The number of carboxylic acids is 1. The summed E-state index contributed by atoms with van der Waals surface area (Å²) in [5.74, 6) is -2.43. The number of benzene rings is 2. The molecule has 2 aliphatic heterocycles. The minimum atomic E-state index is -1.31. The first-order valence-corrected chi connectivity index (χ1v) is 15.3. The van der Waals surface area contributed by atoms with Gasteiger partial charge in [0.1, 0.15) is 22.1 Å². The smallest absolute Gasteiger partial charge is 0.352 e. The van der Waals surface area contributed by atoms with Crippen LogP contribution in [0.5, 0.6) is 0 Å². The highest BCUT2D eigenvalue weighted by atomic mass is 32.2. The number of nitrogens with one attached hydrogen (secondary N) is 1. The SMILES string of the molecule is Cc1nnc(SCC2=C(C(=O)O)N3C(=O)C(NC(=O)C(OC(=O)C=Cc4ccccc4)c4ccccc4)[C@@H]3SC2)s1. The van der Waals surface area contributed by atoms with E-state index in [4.69, 9.17) is 4.74 Å².